The molecule has 0 aliphatic heterocycles. The molecule has 10 heteroatoms. The van der Waals surface area contributed by atoms with Crippen molar-refractivity contribution in [1.29, 1.82) is 0 Å². The van der Waals surface area contributed by atoms with Crippen LogP contribution in [0.2, 0.25) is 5.15 Å². The molecule has 2 amide bonds. The second kappa shape index (κ2) is 9.19. The minimum atomic E-state index is -2.73. The summed E-state index contributed by atoms with van der Waals surface area (Å²) in [5.74, 6) is -0.924. The summed E-state index contributed by atoms with van der Waals surface area (Å²) in [7, 11) is 1.38. The number of nitrogens with one attached hydrogen (secondary N) is 3. The fraction of sp³-hybridized carbons (Fsp3) is 0.150. The van der Waals surface area contributed by atoms with Crippen LogP contribution in [0.1, 0.15) is 30.5 Å². The maximum atomic E-state index is 12.9. The number of para-hydroxylation sites is 1. The number of hydrogen-bond donors (Lipinski definition) is 3. The first-order chi connectivity index (χ1) is 15.6. The van der Waals surface area contributed by atoms with Gasteiger partial charge >= 0.3 is 0 Å². The highest BCUT2D eigenvalue weighted by atomic mass is 35.5. The molecule has 0 fully saturated rings. The molecule has 30 heavy (non-hydrogen) atoms. The molecule has 0 radical (unpaired) electrons. The van der Waals surface area contributed by atoms with Gasteiger partial charge in [-0.05, 0) is 36.8 Å². The predicted molar refractivity (Wildman–Crippen MR) is 114 cm³/mol. The quantitative estimate of drug-likeness (QED) is 0.550. The lowest BCUT2D eigenvalue weighted by Crippen LogP contribution is -2.21. The fourth-order valence-corrected chi connectivity index (χ4v) is 2.80. The van der Waals surface area contributed by atoms with Crippen LogP contribution in [0.4, 0.5) is 17.2 Å². The van der Waals surface area contributed by atoms with Crippen molar-refractivity contribution in [1.82, 2.24) is 20.5 Å². The van der Waals surface area contributed by atoms with Crippen molar-refractivity contribution in [3.05, 3.63) is 64.6 Å². The number of rotatable bonds is 6. The number of aromatic nitrogens is 3. The van der Waals surface area contributed by atoms with Gasteiger partial charge in [0.1, 0.15) is 5.82 Å². The number of ether oxygens (including phenoxy) is 1. The second-order valence-electron chi connectivity index (χ2n) is 6.07. The van der Waals surface area contributed by atoms with Crippen molar-refractivity contribution < 1.29 is 18.4 Å². The van der Waals surface area contributed by atoms with E-state index in [2.05, 4.69) is 25.8 Å². The van der Waals surface area contributed by atoms with Gasteiger partial charge in [0.15, 0.2) is 16.6 Å². The van der Waals surface area contributed by atoms with Gasteiger partial charge in [-0.3, -0.25) is 9.59 Å². The number of halogens is 1. The van der Waals surface area contributed by atoms with Gasteiger partial charge in [0.05, 0.1) is 24.0 Å². The van der Waals surface area contributed by atoms with E-state index in [1.54, 1.807) is 36.5 Å². The molecule has 0 aliphatic carbocycles. The number of carbonyl (C=O) groups excluding carboxylic acids is 2. The molecule has 0 spiro atoms. The third-order valence-corrected chi connectivity index (χ3v) is 4.17. The third-order valence-electron chi connectivity index (χ3n) is 3.98. The topological polar surface area (TPSA) is 118 Å². The predicted octanol–water partition coefficient (Wildman–Crippen LogP) is 3.20. The van der Waals surface area contributed by atoms with Crippen LogP contribution in [-0.2, 0) is 0 Å². The number of anilines is 3. The van der Waals surface area contributed by atoms with Crippen LogP contribution in [0.3, 0.4) is 0 Å². The molecule has 0 saturated heterocycles. The highest BCUT2D eigenvalue weighted by Crippen LogP contribution is 2.33. The van der Waals surface area contributed by atoms with Crippen LogP contribution in [0.25, 0.3) is 0 Å². The van der Waals surface area contributed by atoms with Gasteiger partial charge in [0.2, 0.25) is 0 Å². The first kappa shape index (κ1) is 17.2. The molecule has 3 aromatic rings. The first-order valence-corrected chi connectivity index (χ1v) is 8.99. The maximum Gasteiger partial charge on any atom is 0.273 e. The zero-order valence-corrected chi connectivity index (χ0v) is 16.7. The average molecular weight is 430 g/mol. The molecular formula is C20H19ClN6O3. The zero-order valence-electron chi connectivity index (χ0n) is 19.0. The summed E-state index contributed by atoms with van der Waals surface area (Å²) in [5.41, 5.74) is 1.17. The summed E-state index contributed by atoms with van der Waals surface area (Å²) in [4.78, 5) is 29.4. The summed E-state index contributed by atoms with van der Waals surface area (Å²) >= 11 is 5.92. The molecule has 1 aromatic carbocycles. The van der Waals surface area contributed by atoms with E-state index < -0.39 is 18.8 Å². The number of amides is 2. The van der Waals surface area contributed by atoms with Crippen LogP contribution in [0.5, 0.6) is 5.75 Å². The van der Waals surface area contributed by atoms with Gasteiger partial charge < -0.3 is 20.7 Å². The third kappa shape index (κ3) is 4.64. The van der Waals surface area contributed by atoms with E-state index in [0.717, 1.165) is 5.56 Å². The van der Waals surface area contributed by atoms with Crippen molar-refractivity contribution in [3.63, 3.8) is 0 Å². The van der Waals surface area contributed by atoms with E-state index in [1.165, 1.54) is 13.2 Å². The summed E-state index contributed by atoms with van der Waals surface area (Å²) < 4.78 is 27.1. The lowest BCUT2D eigenvalue weighted by molar-refractivity contribution is 0.0957. The Kier molecular flexibility index (Phi) is 5.26. The summed E-state index contributed by atoms with van der Waals surface area (Å²) in [6, 6.07) is 9.56. The Morgan fingerprint density at radius 1 is 1.13 bits per heavy atom. The number of pyridine rings is 1. The number of methoxy groups -OCH3 is 1. The largest absolute Gasteiger partial charge is 0.494 e. The average Bonchev–Trinajstić information content (AvgIpc) is 2.72. The molecule has 3 N–H and O–H groups in total. The lowest BCUT2D eigenvalue weighted by Gasteiger charge is -2.16. The summed E-state index contributed by atoms with van der Waals surface area (Å²) in [6.45, 7) is -0.856. The number of aryl methyl sites for hydroxylation is 1. The van der Waals surface area contributed by atoms with Crippen molar-refractivity contribution in [2.24, 2.45) is 0 Å². The number of carbonyl (C=O) groups is 2. The zero-order chi connectivity index (χ0) is 24.2. The summed E-state index contributed by atoms with van der Waals surface area (Å²) in [5, 5.41) is 14.7. The molecule has 154 valence electrons. The van der Waals surface area contributed by atoms with Crippen molar-refractivity contribution in [2.45, 2.75) is 6.92 Å². The normalized spacial score (nSPS) is 12.2. The highest BCUT2D eigenvalue weighted by molar-refractivity contribution is 6.29. The van der Waals surface area contributed by atoms with E-state index in [9.17, 15) is 9.59 Å². The molecule has 0 saturated carbocycles. The smallest absolute Gasteiger partial charge is 0.273 e. The maximum absolute atomic E-state index is 12.9. The molecule has 9 nitrogen and oxygen atoms in total. The monoisotopic (exact) mass is 429 g/mol. The molecule has 0 unspecified atom stereocenters. The Balaban J connectivity index is 1.95. The molecule has 0 bridgehead atoms. The second-order valence-corrected chi connectivity index (χ2v) is 6.45. The van der Waals surface area contributed by atoms with Crippen molar-refractivity contribution >= 4 is 40.6 Å². The van der Waals surface area contributed by atoms with Crippen LogP contribution < -0.4 is 20.7 Å². The first-order valence-electron chi connectivity index (χ1n) is 10.1. The minimum Gasteiger partial charge on any atom is -0.494 e. The Morgan fingerprint density at radius 3 is 2.70 bits per heavy atom. The van der Waals surface area contributed by atoms with Crippen molar-refractivity contribution in [3.8, 4) is 5.75 Å². The van der Waals surface area contributed by atoms with Gasteiger partial charge in [-0.1, -0.05) is 17.7 Å². The van der Waals surface area contributed by atoms with Crippen LogP contribution in [-0.4, -0.2) is 41.1 Å². The molecule has 0 atom stereocenters. The number of hydrogen-bond acceptors (Lipinski definition) is 7. The van der Waals surface area contributed by atoms with E-state index in [0.29, 0.717) is 11.5 Å². The molecular weight excluding hydrogens is 408 g/mol. The standard InChI is InChI=1S/C20H19ClN6O3/c1-11-7-8-23-16(9-11)25-19(28)12-5-4-6-13(18(12)30-3)24-14-10-15(21)26-27-17(14)20(29)22-2/h4-10H,1-3H3,(H,22,29)(H,24,26)(H,23,25,28)/i2D3. The number of nitrogens with zero attached hydrogens (tertiary/aromatic N) is 3. The van der Waals surface area contributed by atoms with Crippen LogP contribution in [0.15, 0.2) is 42.6 Å². The Labute approximate surface area is 182 Å². The molecule has 0 aliphatic rings. The van der Waals surface area contributed by atoms with Gasteiger partial charge in [0.25, 0.3) is 11.8 Å². The fourth-order valence-electron chi connectivity index (χ4n) is 2.66. The number of benzene rings is 1. The van der Waals surface area contributed by atoms with Gasteiger partial charge in [-0.2, -0.15) is 0 Å². The van der Waals surface area contributed by atoms with Gasteiger partial charge in [-0.25, -0.2) is 4.98 Å². The Hall–Kier alpha value is -3.72. The van der Waals surface area contributed by atoms with E-state index in [-0.39, 0.29) is 27.8 Å². The lowest BCUT2D eigenvalue weighted by atomic mass is 10.1. The summed E-state index contributed by atoms with van der Waals surface area (Å²) in [6.07, 6.45) is 1.58. The molecule has 2 aromatic heterocycles. The molecule has 3 rings (SSSR count). The SMILES string of the molecule is [2H]C([2H])([2H])NC(=O)c1nnc(Cl)cc1Nc1cccc(C(=O)Nc2cc(C)ccn2)c1OC. The van der Waals surface area contributed by atoms with E-state index in [1.807, 2.05) is 12.2 Å². The molecule has 2 heterocycles. The minimum absolute atomic E-state index is 0.0404. The van der Waals surface area contributed by atoms with E-state index >= 15 is 0 Å². The van der Waals surface area contributed by atoms with Gasteiger partial charge in [0, 0.05) is 23.4 Å². The van der Waals surface area contributed by atoms with Crippen LogP contribution in [0, 0.1) is 6.92 Å². The van der Waals surface area contributed by atoms with Crippen LogP contribution >= 0.6 is 11.6 Å². The highest BCUT2D eigenvalue weighted by Gasteiger charge is 2.19. The van der Waals surface area contributed by atoms with Gasteiger partial charge in [-0.15, -0.1) is 10.2 Å². The van der Waals surface area contributed by atoms with Crippen molar-refractivity contribution in [2.75, 3.05) is 24.7 Å². The Morgan fingerprint density at radius 2 is 1.97 bits per heavy atom. The van der Waals surface area contributed by atoms with E-state index in [4.69, 9.17) is 20.5 Å². The Bertz CT molecular complexity index is 1210.